The van der Waals surface area contributed by atoms with Crippen LogP contribution in [0.2, 0.25) is 0 Å². The third kappa shape index (κ3) is 4.16. The average Bonchev–Trinajstić information content (AvgIpc) is 2.87. The van der Waals surface area contributed by atoms with Crippen molar-refractivity contribution in [3.63, 3.8) is 0 Å². The zero-order chi connectivity index (χ0) is 16.4. The van der Waals surface area contributed by atoms with Crippen molar-refractivity contribution in [2.24, 2.45) is 0 Å². The van der Waals surface area contributed by atoms with E-state index in [1.54, 1.807) is 0 Å². The van der Waals surface area contributed by atoms with E-state index in [2.05, 4.69) is 27.1 Å². The summed E-state index contributed by atoms with van der Waals surface area (Å²) in [5.74, 6) is 2.08. The van der Waals surface area contributed by atoms with Crippen molar-refractivity contribution in [2.45, 2.75) is 12.8 Å². The standard InChI is InChI=1S/C17H28N6O.ClH/c1-21-6-8-23(9-7-21)17-19-15-3-5-18-4-2-14(15)16(20-17)22-10-12-24-13-11-22;/h18H,2-13H2,1H3;1H. The van der Waals surface area contributed by atoms with E-state index in [9.17, 15) is 0 Å². The lowest BCUT2D eigenvalue weighted by Crippen LogP contribution is -2.45. The Labute approximate surface area is 156 Å². The van der Waals surface area contributed by atoms with Crippen molar-refractivity contribution in [1.82, 2.24) is 20.2 Å². The molecule has 4 heterocycles. The Morgan fingerprint density at radius 3 is 2.36 bits per heavy atom. The molecule has 3 aliphatic rings. The number of morpholine rings is 1. The number of rotatable bonds is 2. The molecule has 3 aliphatic heterocycles. The molecule has 2 saturated heterocycles. The molecule has 4 rings (SSSR count). The number of likely N-dealkylation sites (N-methyl/N-ethyl adjacent to an activating group) is 1. The summed E-state index contributed by atoms with van der Waals surface area (Å²) in [6.07, 6.45) is 2.01. The van der Waals surface area contributed by atoms with Gasteiger partial charge in [-0.25, -0.2) is 4.98 Å². The minimum Gasteiger partial charge on any atom is -0.378 e. The number of anilines is 2. The van der Waals surface area contributed by atoms with Gasteiger partial charge in [0.2, 0.25) is 5.95 Å². The van der Waals surface area contributed by atoms with Crippen LogP contribution in [-0.4, -0.2) is 87.5 Å². The van der Waals surface area contributed by atoms with Gasteiger partial charge < -0.3 is 24.8 Å². The Bertz CT molecular complexity index is 573. The third-order valence-corrected chi connectivity index (χ3v) is 5.25. The molecule has 0 atom stereocenters. The Kier molecular flexibility index (Phi) is 6.33. The molecule has 2 fully saturated rings. The molecule has 1 aromatic heterocycles. The van der Waals surface area contributed by atoms with Crippen molar-refractivity contribution < 1.29 is 4.74 Å². The van der Waals surface area contributed by atoms with Crippen molar-refractivity contribution in [1.29, 1.82) is 0 Å². The molecule has 140 valence electrons. The number of fused-ring (bicyclic) bond motifs is 1. The van der Waals surface area contributed by atoms with Gasteiger partial charge in [-0.3, -0.25) is 0 Å². The molecule has 0 spiro atoms. The summed E-state index contributed by atoms with van der Waals surface area (Å²) in [5, 5.41) is 3.50. The summed E-state index contributed by atoms with van der Waals surface area (Å²) in [6.45, 7) is 9.64. The molecule has 0 bridgehead atoms. The number of piperazine rings is 1. The molecule has 25 heavy (non-hydrogen) atoms. The minimum atomic E-state index is 0. The Balaban J connectivity index is 0.00000182. The second-order valence-corrected chi connectivity index (χ2v) is 6.91. The van der Waals surface area contributed by atoms with E-state index in [0.717, 1.165) is 90.2 Å². The van der Waals surface area contributed by atoms with Crippen LogP contribution in [0.5, 0.6) is 0 Å². The third-order valence-electron chi connectivity index (χ3n) is 5.25. The van der Waals surface area contributed by atoms with Gasteiger partial charge in [0, 0.05) is 57.8 Å². The molecule has 1 aromatic rings. The first-order valence-corrected chi connectivity index (χ1v) is 9.18. The fraction of sp³-hybridized carbons (Fsp3) is 0.765. The smallest absolute Gasteiger partial charge is 0.227 e. The van der Waals surface area contributed by atoms with Crippen LogP contribution in [0.25, 0.3) is 0 Å². The molecule has 1 N–H and O–H groups in total. The van der Waals surface area contributed by atoms with E-state index in [0.29, 0.717) is 0 Å². The first kappa shape index (κ1) is 18.6. The van der Waals surface area contributed by atoms with Crippen LogP contribution in [0, 0.1) is 0 Å². The molecule has 0 radical (unpaired) electrons. The molecular weight excluding hydrogens is 340 g/mol. The highest BCUT2D eigenvalue weighted by atomic mass is 35.5. The highest BCUT2D eigenvalue weighted by Crippen LogP contribution is 2.27. The highest BCUT2D eigenvalue weighted by Gasteiger charge is 2.25. The number of ether oxygens (including phenoxy) is 1. The first-order chi connectivity index (χ1) is 11.8. The SMILES string of the molecule is CN1CCN(c2nc3c(c(N4CCOCC4)n2)CCNCC3)CC1.Cl. The summed E-state index contributed by atoms with van der Waals surface area (Å²) >= 11 is 0. The lowest BCUT2D eigenvalue weighted by Gasteiger charge is -2.34. The van der Waals surface area contributed by atoms with Crippen LogP contribution in [0.15, 0.2) is 0 Å². The molecule has 0 aliphatic carbocycles. The van der Waals surface area contributed by atoms with Crippen LogP contribution in [0.4, 0.5) is 11.8 Å². The Morgan fingerprint density at radius 2 is 1.60 bits per heavy atom. The largest absolute Gasteiger partial charge is 0.378 e. The highest BCUT2D eigenvalue weighted by molar-refractivity contribution is 5.85. The zero-order valence-corrected chi connectivity index (χ0v) is 15.9. The molecule has 7 nitrogen and oxygen atoms in total. The van der Waals surface area contributed by atoms with Gasteiger partial charge in [0.15, 0.2) is 0 Å². The fourth-order valence-corrected chi connectivity index (χ4v) is 3.70. The van der Waals surface area contributed by atoms with Crippen molar-refractivity contribution in [3.8, 4) is 0 Å². The van der Waals surface area contributed by atoms with Crippen LogP contribution in [0.1, 0.15) is 11.3 Å². The number of nitrogens with zero attached hydrogens (tertiary/aromatic N) is 5. The van der Waals surface area contributed by atoms with E-state index < -0.39 is 0 Å². The lowest BCUT2D eigenvalue weighted by atomic mass is 10.1. The molecule has 0 saturated carbocycles. The maximum Gasteiger partial charge on any atom is 0.227 e. The maximum absolute atomic E-state index is 5.53. The van der Waals surface area contributed by atoms with Gasteiger partial charge in [-0.2, -0.15) is 4.98 Å². The topological polar surface area (TPSA) is 56.8 Å². The van der Waals surface area contributed by atoms with Gasteiger partial charge in [0.25, 0.3) is 0 Å². The molecular formula is C17H29ClN6O. The van der Waals surface area contributed by atoms with Gasteiger partial charge >= 0.3 is 0 Å². The van der Waals surface area contributed by atoms with Gasteiger partial charge in [0.1, 0.15) is 5.82 Å². The van der Waals surface area contributed by atoms with Crippen molar-refractivity contribution >= 4 is 24.2 Å². The van der Waals surface area contributed by atoms with E-state index >= 15 is 0 Å². The first-order valence-electron chi connectivity index (χ1n) is 9.18. The lowest BCUT2D eigenvalue weighted by molar-refractivity contribution is 0.122. The molecule has 0 aromatic carbocycles. The number of halogens is 1. The summed E-state index contributed by atoms with van der Waals surface area (Å²) in [4.78, 5) is 17.1. The van der Waals surface area contributed by atoms with Gasteiger partial charge in [0.05, 0.1) is 18.9 Å². The predicted molar refractivity (Wildman–Crippen MR) is 102 cm³/mol. The summed E-state index contributed by atoms with van der Waals surface area (Å²) in [6, 6.07) is 0. The summed E-state index contributed by atoms with van der Waals surface area (Å²) < 4.78 is 5.53. The van der Waals surface area contributed by atoms with Gasteiger partial charge in [-0.1, -0.05) is 0 Å². The summed E-state index contributed by atoms with van der Waals surface area (Å²) in [7, 11) is 2.18. The van der Waals surface area contributed by atoms with Crippen LogP contribution in [0.3, 0.4) is 0 Å². The van der Waals surface area contributed by atoms with Crippen LogP contribution >= 0.6 is 12.4 Å². The van der Waals surface area contributed by atoms with Gasteiger partial charge in [-0.15, -0.1) is 12.4 Å². The number of aromatic nitrogens is 2. The van der Waals surface area contributed by atoms with E-state index in [1.165, 1.54) is 11.3 Å². The normalized spacial score (nSPS) is 22.1. The van der Waals surface area contributed by atoms with E-state index in [1.807, 2.05) is 0 Å². The molecule has 0 amide bonds. The van der Waals surface area contributed by atoms with Crippen molar-refractivity contribution in [2.75, 3.05) is 82.4 Å². The number of nitrogens with one attached hydrogen (secondary N) is 1. The zero-order valence-electron chi connectivity index (χ0n) is 15.0. The predicted octanol–water partition coefficient (Wildman–Crippen LogP) is 0.175. The van der Waals surface area contributed by atoms with E-state index in [4.69, 9.17) is 14.7 Å². The molecule has 8 heteroatoms. The molecule has 0 unspecified atom stereocenters. The average molecular weight is 369 g/mol. The quantitative estimate of drug-likeness (QED) is 0.798. The van der Waals surface area contributed by atoms with Crippen LogP contribution in [-0.2, 0) is 17.6 Å². The second-order valence-electron chi connectivity index (χ2n) is 6.91. The number of hydrogen-bond acceptors (Lipinski definition) is 7. The Morgan fingerprint density at radius 1 is 0.880 bits per heavy atom. The minimum absolute atomic E-state index is 0. The maximum atomic E-state index is 5.53. The monoisotopic (exact) mass is 368 g/mol. The number of hydrogen-bond donors (Lipinski definition) is 1. The van der Waals surface area contributed by atoms with E-state index in [-0.39, 0.29) is 12.4 Å². The Hall–Kier alpha value is -1.15. The summed E-state index contributed by atoms with van der Waals surface area (Å²) in [5.41, 5.74) is 2.59. The van der Waals surface area contributed by atoms with Crippen molar-refractivity contribution in [3.05, 3.63) is 11.3 Å². The fourth-order valence-electron chi connectivity index (χ4n) is 3.70. The van der Waals surface area contributed by atoms with Gasteiger partial charge in [-0.05, 0) is 20.0 Å². The van der Waals surface area contributed by atoms with Crippen LogP contribution < -0.4 is 15.1 Å². The second kappa shape index (κ2) is 8.49.